The molecule has 0 saturated heterocycles. The standard InChI is InChI=1S/C60H44N2/c1-60(2,3)62-57-24-14-12-22-52(57)54-34-33-53-51-21-11-13-23-56(51)61(58(53)59(54)62)47-31-29-41(30-32-47)46-36-44(39-15-5-4-6-16-39)35-45(37-46)40-25-27-42(28-26-40)55-38-43-17-7-8-18-48(43)49-19-9-10-20-50(49)55/h4-38H,1-3H3. The lowest BCUT2D eigenvalue weighted by molar-refractivity contribution is 0.424. The molecule has 0 amide bonds. The van der Waals surface area contributed by atoms with Gasteiger partial charge in [-0.2, -0.15) is 0 Å². The fraction of sp³-hybridized carbons (Fsp3) is 0.0667. The summed E-state index contributed by atoms with van der Waals surface area (Å²) >= 11 is 0. The third-order valence-corrected chi connectivity index (χ3v) is 12.9. The Labute approximate surface area is 361 Å². The molecule has 294 valence electrons. The van der Waals surface area contributed by atoms with Gasteiger partial charge in [0.05, 0.1) is 16.6 Å². The van der Waals surface area contributed by atoms with Crippen molar-refractivity contribution in [1.82, 2.24) is 9.13 Å². The Morgan fingerprint density at radius 1 is 0.306 bits per heavy atom. The van der Waals surface area contributed by atoms with Crippen LogP contribution in [0.5, 0.6) is 0 Å². The van der Waals surface area contributed by atoms with E-state index in [4.69, 9.17) is 0 Å². The molecule has 2 heteroatoms. The maximum atomic E-state index is 2.55. The maximum absolute atomic E-state index is 2.55. The van der Waals surface area contributed by atoms with Crippen LogP contribution in [0.15, 0.2) is 212 Å². The molecule has 0 N–H and O–H groups in total. The van der Waals surface area contributed by atoms with Gasteiger partial charge in [-0.25, -0.2) is 0 Å². The van der Waals surface area contributed by atoms with Gasteiger partial charge < -0.3 is 9.13 Å². The first kappa shape index (κ1) is 36.2. The second-order valence-electron chi connectivity index (χ2n) is 17.7. The molecule has 2 nitrogen and oxygen atoms in total. The summed E-state index contributed by atoms with van der Waals surface area (Å²) in [6.45, 7) is 6.95. The number of benzene rings is 10. The number of rotatable bonds is 5. The monoisotopic (exact) mass is 792 g/mol. The number of nitrogens with zero attached hydrogens (tertiary/aromatic N) is 2. The Hall–Kier alpha value is -7.68. The fourth-order valence-corrected chi connectivity index (χ4v) is 10.2. The van der Waals surface area contributed by atoms with Gasteiger partial charge in [0.2, 0.25) is 0 Å². The van der Waals surface area contributed by atoms with E-state index in [9.17, 15) is 0 Å². The molecule has 2 aromatic heterocycles. The van der Waals surface area contributed by atoms with Gasteiger partial charge in [0.15, 0.2) is 0 Å². The average molecular weight is 793 g/mol. The average Bonchev–Trinajstić information content (AvgIpc) is 3.85. The van der Waals surface area contributed by atoms with Crippen molar-refractivity contribution >= 4 is 65.2 Å². The zero-order valence-corrected chi connectivity index (χ0v) is 35.1. The van der Waals surface area contributed by atoms with Gasteiger partial charge in [-0.1, -0.05) is 164 Å². The Kier molecular flexibility index (Phi) is 8.14. The summed E-state index contributed by atoms with van der Waals surface area (Å²) in [5, 5.41) is 10.2. The van der Waals surface area contributed by atoms with E-state index < -0.39 is 0 Å². The predicted molar refractivity (Wildman–Crippen MR) is 266 cm³/mol. The van der Waals surface area contributed by atoms with E-state index in [0.717, 1.165) is 5.69 Å². The third-order valence-electron chi connectivity index (χ3n) is 12.9. The Balaban J connectivity index is 0.996. The zero-order chi connectivity index (χ0) is 41.5. The third kappa shape index (κ3) is 5.71. The van der Waals surface area contributed by atoms with Crippen molar-refractivity contribution in [1.29, 1.82) is 0 Å². The molecule has 12 aromatic rings. The van der Waals surface area contributed by atoms with E-state index in [1.165, 1.54) is 110 Å². The van der Waals surface area contributed by atoms with E-state index in [1.54, 1.807) is 0 Å². The molecule has 0 unspecified atom stereocenters. The van der Waals surface area contributed by atoms with Crippen LogP contribution in [-0.4, -0.2) is 9.13 Å². The molecule has 0 saturated carbocycles. The van der Waals surface area contributed by atoms with Crippen LogP contribution in [0, 0.1) is 0 Å². The van der Waals surface area contributed by atoms with Crippen molar-refractivity contribution in [3.8, 4) is 50.2 Å². The van der Waals surface area contributed by atoms with E-state index in [2.05, 4.69) is 242 Å². The SMILES string of the molecule is CC(C)(C)n1c2ccccc2c2ccc3c4ccccc4n(-c4ccc(-c5cc(-c6ccccc6)cc(-c6ccc(-c7cc8ccccc8c8ccccc78)cc6)c5)cc4)c3c21. The summed E-state index contributed by atoms with van der Waals surface area (Å²) < 4.78 is 5.04. The van der Waals surface area contributed by atoms with Crippen LogP contribution < -0.4 is 0 Å². The molecule has 0 atom stereocenters. The van der Waals surface area contributed by atoms with Gasteiger partial charge in [0.1, 0.15) is 0 Å². The van der Waals surface area contributed by atoms with Crippen LogP contribution in [0.1, 0.15) is 20.8 Å². The van der Waals surface area contributed by atoms with Gasteiger partial charge in [-0.15, -0.1) is 0 Å². The van der Waals surface area contributed by atoms with Crippen LogP contribution in [0.2, 0.25) is 0 Å². The van der Waals surface area contributed by atoms with Crippen LogP contribution in [0.25, 0.3) is 115 Å². The largest absolute Gasteiger partial charge is 0.333 e. The molecule has 62 heavy (non-hydrogen) atoms. The molecule has 10 aromatic carbocycles. The number of aromatic nitrogens is 2. The van der Waals surface area contributed by atoms with Crippen molar-refractivity contribution in [3.05, 3.63) is 212 Å². The Bertz CT molecular complexity index is 3690. The molecule has 0 aliphatic rings. The molecular formula is C60H44N2. The lowest BCUT2D eigenvalue weighted by Gasteiger charge is -2.25. The fourth-order valence-electron chi connectivity index (χ4n) is 10.2. The van der Waals surface area contributed by atoms with Crippen molar-refractivity contribution in [3.63, 3.8) is 0 Å². The quantitative estimate of drug-likeness (QED) is 0.154. The molecule has 0 radical (unpaired) electrons. The topological polar surface area (TPSA) is 9.86 Å². The first-order valence-electron chi connectivity index (χ1n) is 21.7. The summed E-state index contributed by atoms with van der Waals surface area (Å²) in [5.41, 5.74) is 15.7. The van der Waals surface area contributed by atoms with E-state index in [1.807, 2.05) is 0 Å². The van der Waals surface area contributed by atoms with Gasteiger partial charge in [-0.3, -0.25) is 0 Å². The second kappa shape index (κ2) is 13.9. The van der Waals surface area contributed by atoms with Crippen LogP contribution in [-0.2, 0) is 5.54 Å². The number of fused-ring (bicyclic) bond motifs is 10. The Morgan fingerprint density at radius 2 is 0.774 bits per heavy atom. The van der Waals surface area contributed by atoms with Crippen LogP contribution in [0.3, 0.4) is 0 Å². The molecule has 0 aliphatic carbocycles. The van der Waals surface area contributed by atoms with Crippen molar-refractivity contribution in [2.45, 2.75) is 26.3 Å². The van der Waals surface area contributed by atoms with Crippen molar-refractivity contribution in [2.24, 2.45) is 0 Å². The number of hydrogen-bond acceptors (Lipinski definition) is 0. The minimum atomic E-state index is -0.132. The lowest BCUT2D eigenvalue weighted by Crippen LogP contribution is -2.21. The summed E-state index contributed by atoms with van der Waals surface area (Å²) in [5.74, 6) is 0. The van der Waals surface area contributed by atoms with Gasteiger partial charge >= 0.3 is 0 Å². The molecular weight excluding hydrogens is 749 g/mol. The summed E-state index contributed by atoms with van der Waals surface area (Å²) in [6, 6.07) is 78.4. The number of hydrogen-bond donors (Lipinski definition) is 0. The summed E-state index contributed by atoms with van der Waals surface area (Å²) in [6.07, 6.45) is 0. The molecule has 0 fully saturated rings. The summed E-state index contributed by atoms with van der Waals surface area (Å²) in [4.78, 5) is 0. The molecule has 0 aliphatic heterocycles. The minimum absolute atomic E-state index is 0.132. The van der Waals surface area contributed by atoms with Crippen LogP contribution >= 0.6 is 0 Å². The molecule has 2 heterocycles. The maximum Gasteiger partial charge on any atom is 0.0785 e. The van der Waals surface area contributed by atoms with Crippen molar-refractivity contribution < 1.29 is 0 Å². The van der Waals surface area contributed by atoms with E-state index in [-0.39, 0.29) is 5.54 Å². The highest BCUT2D eigenvalue weighted by molar-refractivity contribution is 6.23. The Morgan fingerprint density at radius 3 is 1.42 bits per heavy atom. The zero-order valence-electron chi connectivity index (χ0n) is 35.1. The normalized spacial score (nSPS) is 12.1. The first-order chi connectivity index (χ1) is 30.4. The van der Waals surface area contributed by atoms with Gasteiger partial charge in [-0.05, 0) is 135 Å². The van der Waals surface area contributed by atoms with Gasteiger partial charge in [0.25, 0.3) is 0 Å². The first-order valence-corrected chi connectivity index (χ1v) is 21.7. The molecule has 12 rings (SSSR count). The van der Waals surface area contributed by atoms with E-state index >= 15 is 0 Å². The molecule has 0 spiro atoms. The highest BCUT2D eigenvalue weighted by Crippen LogP contribution is 2.43. The minimum Gasteiger partial charge on any atom is -0.333 e. The predicted octanol–water partition coefficient (Wildman–Crippen LogP) is 16.6. The summed E-state index contributed by atoms with van der Waals surface area (Å²) in [7, 11) is 0. The highest BCUT2D eigenvalue weighted by Gasteiger charge is 2.25. The van der Waals surface area contributed by atoms with Crippen LogP contribution in [0.4, 0.5) is 0 Å². The lowest BCUT2D eigenvalue weighted by atomic mass is 9.91. The van der Waals surface area contributed by atoms with Gasteiger partial charge in [0, 0.05) is 38.3 Å². The number of para-hydroxylation sites is 2. The van der Waals surface area contributed by atoms with E-state index in [0.29, 0.717) is 0 Å². The smallest absolute Gasteiger partial charge is 0.0785 e. The molecule has 0 bridgehead atoms. The van der Waals surface area contributed by atoms with Crippen molar-refractivity contribution in [2.75, 3.05) is 0 Å². The second-order valence-corrected chi connectivity index (χ2v) is 17.7. The highest BCUT2D eigenvalue weighted by atomic mass is 15.1.